The number of aromatic nitrogens is 7. The minimum Gasteiger partial charge on any atom is -0.342 e. The van der Waals surface area contributed by atoms with E-state index in [4.69, 9.17) is 0 Å². The molecule has 3 aromatic rings. The molecular weight excluding hydrogens is 344 g/mol. The van der Waals surface area contributed by atoms with Crippen LogP contribution in [0.25, 0.3) is 0 Å². The summed E-state index contributed by atoms with van der Waals surface area (Å²) in [5.41, 5.74) is 1.00. The zero-order valence-corrected chi connectivity index (χ0v) is 15.1. The fourth-order valence-electron chi connectivity index (χ4n) is 3.55. The molecule has 0 aromatic carbocycles. The Kier molecular flexibility index (Phi) is 5.17. The molecular formula is C18H22N8O. The zero-order chi connectivity index (χ0) is 18.5. The Bertz CT molecular complexity index is 861. The SMILES string of the molecule is O=C(CCn1cnnn1)N1CCC[C@@H](c2nccn2Cc2ccccn2)C1. The first-order chi connectivity index (χ1) is 13.3. The van der Waals surface area contributed by atoms with Crippen LogP contribution in [0.4, 0.5) is 0 Å². The Balaban J connectivity index is 1.40. The molecule has 0 aliphatic carbocycles. The van der Waals surface area contributed by atoms with Gasteiger partial charge in [0.25, 0.3) is 0 Å². The normalized spacial score (nSPS) is 17.2. The lowest BCUT2D eigenvalue weighted by atomic mass is 9.96. The van der Waals surface area contributed by atoms with Gasteiger partial charge in [-0.05, 0) is 35.4 Å². The van der Waals surface area contributed by atoms with E-state index in [1.165, 1.54) is 6.33 Å². The van der Waals surface area contributed by atoms with Crippen LogP contribution in [0, 0.1) is 0 Å². The van der Waals surface area contributed by atoms with Gasteiger partial charge in [0, 0.05) is 44.0 Å². The van der Waals surface area contributed by atoms with Gasteiger partial charge >= 0.3 is 0 Å². The highest BCUT2D eigenvalue weighted by atomic mass is 16.2. The summed E-state index contributed by atoms with van der Waals surface area (Å²) in [4.78, 5) is 23.5. The first-order valence-electron chi connectivity index (χ1n) is 9.19. The second kappa shape index (κ2) is 8.07. The van der Waals surface area contributed by atoms with Crippen molar-refractivity contribution in [1.29, 1.82) is 0 Å². The number of imidazole rings is 1. The minimum absolute atomic E-state index is 0.137. The van der Waals surface area contributed by atoms with E-state index < -0.39 is 0 Å². The maximum Gasteiger partial charge on any atom is 0.224 e. The molecule has 1 aliphatic rings. The molecule has 1 fully saturated rings. The molecule has 0 bridgehead atoms. The third kappa shape index (κ3) is 4.18. The highest BCUT2D eigenvalue weighted by Crippen LogP contribution is 2.26. The van der Waals surface area contributed by atoms with Crippen LogP contribution in [-0.4, -0.2) is 58.6 Å². The number of amides is 1. The number of hydrogen-bond donors (Lipinski definition) is 0. The zero-order valence-electron chi connectivity index (χ0n) is 15.1. The molecule has 3 aromatic heterocycles. The predicted molar refractivity (Wildman–Crippen MR) is 96.6 cm³/mol. The molecule has 0 N–H and O–H groups in total. The Morgan fingerprint density at radius 3 is 3.00 bits per heavy atom. The van der Waals surface area contributed by atoms with Gasteiger partial charge in [-0.1, -0.05) is 6.07 Å². The summed E-state index contributed by atoms with van der Waals surface area (Å²) in [6.07, 6.45) is 9.57. The molecule has 9 nitrogen and oxygen atoms in total. The van der Waals surface area contributed by atoms with Crippen molar-refractivity contribution in [2.75, 3.05) is 13.1 Å². The van der Waals surface area contributed by atoms with Crippen LogP contribution in [-0.2, 0) is 17.9 Å². The minimum atomic E-state index is 0.137. The highest BCUT2D eigenvalue weighted by molar-refractivity contribution is 5.76. The van der Waals surface area contributed by atoms with Crippen LogP contribution >= 0.6 is 0 Å². The number of hydrogen-bond acceptors (Lipinski definition) is 6. The molecule has 0 spiro atoms. The van der Waals surface area contributed by atoms with Crippen molar-refractivity contribution in [3.05, 3.63) is 54.6 Å². The number of carbonyl (C=O) groups is 1. The lowest BCUT2D eigenvalue weighted by molar-refractivity contribution is -0.132. The largest absolute Gasteiger partial charge is 0.342 e. The van der Waals surface area contributed by atoms with Crippen LogP contribution in [0.5, 0.6) is 0 Å². The number of nitrogens with zero attached hydrogens (tertiary/aromatic N) is 8. The van der Waals surface area contributed by atoms with Gasteiger partial charge in [0.05, 0.1) is 18.8 Å². The topological polar surface area (TPSA) is 94.6 Å². The predicted octanol–water partition coefficient (Wildman–Crippen LogP) is 1.11. The number of aryl methyl sites for hydroxylation is 1. The molecule has 0 radical (unpaired) electrons. The smallest absolute Gasteiger partial charge is 0.224 e. The van der Waals surface area contributed by atoms with E-state index in [1.807, 2.05) is 35.5 Å². The van der Waals surface area contributed by atoms with Gasteiger partial charge in [0.15, 0.2) is 0 Å². The van der Waals surface area contributed by atoms with Crippen LogP contribution in [0.2, 0.25) is 0 Å². The summed E-state index contributed by atoms with van der Waals surface area (Å²) in [5, 5.41) is 11.0. The van der Waals surface area contributed by atoms with Gasteiger partial charge in [0.2, 0.25) is 5.91 Å². The Labute approximate surface area is 157 Å². The average molecular weight is 366 g/mol. The maximum atomic E-state index is 12.6. The summed E-state index contributed by atoms with van der Waals surface area (Å²) >= 11 is 0. The van der Waals surface area contributed by atoms with Gasteiger partial charge in [-0.2, -0.15) is 0 Å². The quantitative estimate of drug-likeness (QED) is 0.649. The second-order valence-corrected chi connectivity index (χ2v) is 6.74. The van der Waals surface area contributed by atoms with Gasteiger partial charge < -0.3 is 9.47 Å². The first kappa shape index (κ1) is 17.3. The van der Waals surface area contributed by atoms with Crippen LogP contribution in [0.3, 0.4) is 0 Å². The Hall–Kier alpha value is -3.10. The summed E-state index contributed by atoms with van der Waals surface area (Å²) in [7, 11) is 0. The molecule has 27 heavy (non-hydrogen) atoms. The second-order valence-electron chi connectivity index (χ2n) is 6.74. The average Bonchev–Trinajstić information content (AvgIpc) is 3.39. The van der Waals surface area contributed by atoms with Gasteiger partial charge in [0.1, 0.15) is 12.2 Å². The third-order valence-electron chi connectivity index (χ3n) is 4.89. The molecule has 1 saturated heterocycles. The van der Waals surface area contributed by atoms with Crippen molar-refractivity contribution in [1.82, 2.24) is 39.6 Å². The van der Waals surface area contributed by atoms with Gasteiger partial charge in [-0.3, -0.25) is 9.78 Å². The summed E-state index contributed by atoms with van der Waals surface area (Å²) in [6.45, 7) is 2.70. The van der Waals surface area contributed by atoms with Gasteiger partial charge in [-0.25, -0.2) is 9.67 Å². The molecule has 4 rings (SSSR count). The van der Waals surface area contributed by atoms with E-state index in [9.17, 15) is 4.79 Å². The number of tetrazole rings is 1. The van der Waals surface area contributed by atoms with Crippen LogP contribution in [0.1, 0.15) is 36.7 Å². The number of rotatable bonds is 6. The molecule has 140 valence electrons. The molecule has 1 amide bonds. The Morgan fingerprint density at radius 2 is 2.19 bits per heavy atom. The molecule has 0 saturated carbocycles. The van der Waals surface area contributed by atoms with Crippen LogP contribution < -0.4 is 0 Å². The van der Waals surface area contributed by atoms with Crippen molar-refractivity contribution < 1.29 is 4.79 Å². The number of carbonyl (C=O) groups excluding carboxylic acids is 1. The first-order valence-corrected chi connectivity index (χ1v) is 9.19. The summed E-state index contributed by atoms with van der Waals surface area (Å²) in [6, 6.07) is 5.92. The number of piperidine rings is 1. The standard InChI is InChI=1S/C18H22N8O/c27-17(6-10-26-14-21-22-23-26)24-9-3-4-15(12-24)18-20-8-11-25(18)13-16-5-1-2-7-19-16/h1-2,5,7-8,11,14-15H,3-4,6,9-10,12-13H2/t15-/m1/s1. The molecule has 1 atom stereocenters. The lowest BCUT2D eigenvalue weighted by Gasteiger charge is -2.32. The van der Waals surface area contributed by atoms with E-state index in [0.717, 1.165) is 30.9 Å². The lowest BCUT2D eigenvalue weighted by Crippen LogP contribution is -2.40. The van der Waals surface area contributed by atoms with Gasteiger partial charge in [-0.15, -0.1) is 5.10 Å². The van der Waals surface area contributed by atoms with Crippen molar-refractivity contribution in [2.45, 2.75) is 38.3 Å². The molecule has 9 heteroatoms. The van der Waals surface area contributed by atoms with E-state index in [-0.39, 0.29) is 11.8 Å². The van der Waals surface area contributed by atoms with Crippen molar-refractivity contribution in [3.8, 4) is 0 Å². The highest BCUT2D eigenvalue weighted by Gasteiger charge is 2.27. The molecule has 4 heterocycles. The fraction of sp³-hybridized carbons (Fsp3) is 0.444. The monoisotopic (exact) mass is 366 g/mol. The van der Waals surface area contributed by atoms with Crippen molar-refractivity contribution in [2.24, 2.45) is 0 Å². The Morgan fingerprint density at radius 1 is 1.22 bits per heavy atom. The molecule has 1 aliphatic heterocycles. The van der Waals surface area contributed by atoms with E-state index >= 15 is 0 Å². The third-order valence-corrected chi connectivity index (χ3v) is 4.89. The van der Waals surface area contributed by atoms with E-state index in [2.05, 4.69) is 30.1 Å². The summed E-state index contributed by atoms with van der Waals surface area (Å²) in [5.74, 6) is 1.41. The fourth-order valence-corrected chi connectivity index (χ4v) is 3.55. The van der Waals surface area contributed by atoms with E-state index in [0.29, 0.717) is 26.1 Å². The summed E-state index contributed by atoms with van der Waals surface area (Å²) < 4.78 is 3.72. The van der Waals surface area contributed by atoms with E-state index in [1.54, 1.807) is 10.9 Å². The number of pyridine rings is 1. The van der Waals surface area contributed by atoms with Crippen molar-refractivity contribution >= 4 is 5.91 Å². The van der Waals surface area contributed by atoms with Crippen molar-refractivity contribution in [3.63, 3.8) is 0 Å². The maximum absolute atomic E-state index is 12.6. The number of likely N-dealkylation sites (tertiary alicyclic amines) is 1. The van der Waals surface area contributed by atoms with Crippen LogP contribution in [0.15, 0.2) is 43.1 Å². The molecule has 0 unspecified atom stereocenters.